The van der Waals surface area contributed by atoms with E-state index in [-0.39, 0.29) is 17.9 Å². The molecule has 0 fully saturated rings. The second-order valence-electron chi connectivity index (χ2n) is 2.22. The molecular formula is C6H10BrN3O3. The van der Waals surface area contributed by atoms with E-state index in [0.717, 1.165) is 5.33 Å². The van der Waals surface area contributed by atoms with Crippen molar-refractivity contribution in [3.8, 4) is 0 Å². The Morgan fingerprint density at radius 1 is 1.69 bits per heavy atom. The van der Waals surface area contributed by atoms with Crippen molar-refractivity contribution in [2.45, 2.75) is 13.2 Å². The quantitative estimate of drug-likeness (QED) is 0.461. The summed E-state index contributed by atoms with van der Waals surface area (Å²) in [6, 6.07) is 1.52. The van der Waals surface area contributed by atoms with Gasteiger partial charge >= 0.3 is 0 Å². The number of aromatic nitrogens is 2. The van der Waals surface area contributed by atoms with Crippen LogP contribution >= 0.6 is 15.9 Å². The van der Waals surface area contributed by atoms with Crippen molar-refractivity contribution in [1.82, 2.24) is 5.10 Å². The van der Waals surface area contributed by atoms with Crippen molar-refractivity contribution >= 4 is 21.7 Å². The molecule has 1 rings (SSSR count). The number of hydrogen-bond acceptors (Lipinski definition) is 4. The topological polar surface area (TPSA) is 99.3 Å². The monoisotopic (exact) mass is 251 g/mol. The molecule has 74 valence electrons. The Labute approximate surface area is 83.0 Å². The fourth-order valence-corrected chi connectivity index (χ4v) is 1.29. The molecule has 1 heterocycles. The van der Waals surface area contributed by atoms with Crippen LogP contribution in [-0.4, -0.2) is 21.0 Å². The fourth-order valence-electron chi connectivity index (χ4n) is 0.940. The minimum atomic E-state index is -0.0982. The van der Waals surface area contributed by atoms with E-state index in [9.17, 15) is 4.91 Å². The van der Waals surface area contributed by atoms with Gasteiger partial charge in [0.05, 0.1) is 11.4 Å². The van der Waals surface area contributed by atoms with E-state index in [1.165, 1.54) is 6.07 Å². The van der Waals surface area contributed by atoms with E-state index in [1.807, 2.05) is 0 Å². The van der Waals surface area contributed by atoms with E-state index in [1.54, 1.807) is 4.68 Å². The molecule has 0 aliphatic carbocycles. The van der Waals surface area contributed by atoms with Gasteiger partial charge in [-0.25, -0.2) is 0 Å². The molecular weight excluding hydrogens is 242 g/mol. The molecule has 0 aliphatic heterocycles. The van der Waals surface area contributed by atoms with Gasteiger partial charge in [-0.3, -0.25) is 0 Å². The molecule has 0 aromatic carbocycles. The number of aliphatic hydroxyl groups excluding tert-OH is 1. The molecule has 0 spiro atoms. The van der Waals surface area contributed by atoms with Gasteiger partial charge in [0.2, 0.25) is 11.5 Å². The first kappa shape index (κ1) is 12.2. The third-order valence-corrected chi connectivity index (χ3v) is 1.82. The highest BCUT2D eigenvalue weighted by Crippen LogP contribution is 2.06. The van der Waals surface area contributed by atoms with Crippen molar-refractivity contribution < 1.29 is 15.3 Å². The summed E-state index contributed by atoms with van der Waals surface area (Å²) < 4.78 is 1.67. The zero-order valence-corrected chi connectivity index (χ0v) is 8.36. The first-order valence-electron chi connectivity index (χ1n) is 3.43. The van der Waals surface area contributed by atoms with Crippen LogP contribution in [0.2, 0.25) is 0 Å². The lowest BCUT2D eigenvalue weighted by atomic mass is 10.4. The van der Waals surface area contributed by atoms with Crippen LogP contribution in [0.5, 0.6) is 0 Å². The molecule has 0 unspecified atom stereocenters. The van der Waals surface area contributed by atoms with Crippen molar-refractivity contribution in [3.05, 3.63) is 16.7 Å². The van der Waals surface area contributed by atoms with Gasteiger partial charge < -0.3 is 10.6 Å². The number of rotatable bonds is 4. The fraction of sp³-hybridized carbons (Fsp3) is 0.500. The number of aryl methyl sites for hydroxylation is 1. The predicted octanol–water partition coefficient (Wildman–Crippen LogP) is 0.411. The number of nitrogens with zero attached hydrogens (tertiary/aromatic N) is 2. The lowest BCUT2D eigenvalue weighted by molar-refractivity contribution is -0.753. The van der Waals surface area contributed by atoms with Crippen LogP contribution in [0.25, 0.3) is 0 Å². The summed E-state index contributed by atoms with van der Waals surface area (Å²) in [5.74, 6) is 0.236. The Hall–Kier alpha value is -0.790. The van der Waals surface area contributed by atoms with Crippen LogP contribution in [0.15, 0.2) is 11.2 Å². The Kier molecular flexibility index (Phi) is 5.44. The molecule has 0 amide bonds. The summed E-state index contributed by atoms with van der Waals surface area (Å²) in [7, 11) is 0. The van der Waals surface area contributed by atoms with Crippen LogP contribution in [0, 0.1) is 4.91 Å². The number of nitroso groups, excluding NO2 is 1. The summed E-state index contributed by atoms with van der Waals surface area (Å²) >= 11 is 3.25. The first-order chi connectivity index (χ1) is 5.81. The van der Waals surface area contributed by atoms with Crippen molar-refractivity contribution in [1.29, 1.82) is 0 Å². The predicted molar refractivity (Wildman–Crippen MR) is 48.1 cm³/mol. The average Bonchev–Trinajstić information content (AvgIpc) is 2.48. The van der Waals surface area contributed by atoms with Gasteiger partial charge in [-0.05, 0) is 5.18 Å². The number of aliphatic hydroxyl groups is 1. The van der Waals surface area contributed by atoms with E-state index in [0.29, 0.717) is 12.2 Å². The average molecular weight is 252 g/mol. The minimum absolute atomic E-state index is 0. The van der Waals surface area contributed by atoms with Gasteiger partial charge in [-0.15, -0.1) is 14.7 Å². The van der Waals surface area contributed by atoms with Crippen LogP contribution < -0.4 is 4.68 Å². The van der Waals surface area contributed by atoms with Crippen molar-refractivity contribution in [3.63, 3.8) is 0 Å². The zero-order valence-electron chi connectivity index (χ0n) is 6.77. The second-order valence-corrected chi connectivity index (χ2v) is 3.02. The Balaban J connectivity index is 0.00000144. The standard InChI is InChI=1S/C6H8BrN3O2.H2O/c7-1-2-10-5(4-11)3-6(8-10)9-12;/h3,11H,1-2,4H2;1H2. The summed E-state index contributed by atoms with van der Waals surface area (Å²) in [6.45, 7) is 0.574. The lowest BCUT2D eigenvalue weighted by Gasteiger charge is -1.89. The Morgan fingerprint density at radius 3 is 2.85 bits per heavy atom. The molecule has 0 radical (unpaired) electrons. The number of nitrogens with one attached hydrogen (secondary N) is 1. The number of alkyl halides is 1. The first-order valence-corrected chi connectivity index (χ1v) is 4.56. The van der Waals surface area contributed by atoms with Crippen LogP contribution in [0.4, 0.5) is 5.82 Å². The number of aromatic amines is 1. The highest BCUT2D eigenvalue weighted by Gasteiger charge is 2.14. The SMILES string of the molecule is O=Nc1cc(CO)[n+](CCBr)[nH]1.[OH-]. The number of hydrogen-bond donors (Lipinski definition) is 2. The molecule has 0 saturated heterocycles. The molecule has 0 atom stereocenters. The van der Waals surface area contributed by atoms with Crippen LogP contribution in [-0.2, 0) is 13.2 Å². The molecule has 1 aromatic heterocycles. The molecule has 6 nitrogen and oxygen atoms in total. The molecule has 1 aromatic rings. The molecule has 0 bridgehead atoms. The maximum atomic E-state index is 10.1. The molecule has 7 heteroatoms. The largest absolute Gasteiger partial charge is 0.870 e. The van der Waals surface area contributed by atoms with Gasteiger partial charge in [-0.1, -0.05) is 15.9 Å². The number of H-pyrrole nitrogens is 1. The Morgan fingerprint density at radius 2 is 2.38 bits per heavy atom. The third-order valence-electron chi connectivity index (χ3n) is 1.47. The van der Waals surface area contributed by atoms with Gasteiger partial charge in [0.1, 0.15) is 6.61 Å². The van der Waals surface area contributed by atoms with E-state index in [2.05, 4.69) is 26.2 Å². The van der Waals surface area contributed by atoms with E-state index in [4.69, 9.17) is 5.11 Å². The van der Waals surface area contributed by atoms with Gasteiger partial charge in [0, 0.05) is 0 Å². The highest BCUT2D eigenvalue weighted by atomic mass is 79.9. The van der Waals surface area contributed by atoms with Gasteiger partial charge in [-0.2, -0.15) is 0 Å². The summed E-state index contributed by atoms with van der Waals surface area (Å²) in [4.78, 5) is 10.1. The summed E-state index contributed by atoms with van der Waals surface area (Å²) in [5, 5.41) is 15.1. The molecule has 0 aliphatic rings. The van der Waals surface area contributed by atoms with Gasteiger partial charge in [0.25, 0.3) is 0 Å². The van der Waals surface area contributed by atoms with Crippen LogP contribution in [0.1, 0.15) is 5.69 Å². The molecule has 3 N–H and O–H groups in total. The maximum Gasteiger partial charge on any atom is 0.235 e. The maximum absolute atomic E-state index is 10.1. The van der Waals surface area contributed by atoms with Crippen molar-refractivity contribution in [2.24, 2.45) is 5.18 Å². The van der Waals surface area contributed by atoms with Gasteiger partial charge in [0.15, 0.2) is 6.54 Å². The number of halogens is 1. The summed E-state index contributed by atoms with van der Waals surface area (Å²) in [6.07, 6.45) is 0. The zero-order chi connectivity index (χ0) is 8.97. The molecule has 13 heavy (non-hydrogen) atoms. The van der Waals surface area contributed by atoms with E-state index < -0.39 is 0 Å². The molecule has 0 saturated carbocycles. The smallest absolute Gasteiger partial charge is 0.235 e. The van der Waals surface area contributed by atoms with E-state index >= 15 is 0 Å². The summed E-state index contributed by atoms with van der Waals surface area (Å²) in [5.41, 5.74) is 0.657. The van der Waals surface area contributed by atoms with Crippen molar-refractivity contribution in [2.75, 3.05) is 5.33 Å². The third kappa shape index (κ3) is 2.87. The lowest BCUT2D eigenvalue weighted by Crippen LogP contribution is -2.40. The minimum Gasteiger partial charge on any atom is -0.870 e. The second kappa shape index (κ2) is 5.79. The van der Waals surface area contributed by atoms with Crippen LogP contribution in [0.3, 0.4) is 0 Å². The highest BCUT2D eigenvalue weighted by molar-refractivity contribution is 9.09. The Bertz CT molecular complexity index is 276. The normalized spacial score (nSPS) is 9.38.